The topological polar surface area (TPSA) is 85.8 Å². The molecule has 1 atom stereocenters. The predicted molar refractivity (Wildman–Crippen MR) is 59.6 cm³/mol. The lowest BCUT2D eigenvalue weighted by Crippen LogP contribution is -2.38. The van der Waals surface area contributed by atoms with Crippen LogP contribution in [-0.2, 0) is 11.0 Å². The van der Waals surface area contributed by atoms with Gasteiger partial charge in [-0.05, 0) is 6.92 Å². The van der Waals surface area contributed by atoms with Crippen molar-refractivity contribution < 1.29 is 31.1 Å². The van der Waals surface area contributed by atoms with Gasteiger partial charge in [0.05, 0.1) is 5.25 Å². The Bertz CT molecular complexity index is 512. The number of halogens is 6. The SMILES string of the molecule is CC(Sc1nnc(C(F)(F)F)n1N)C(=O)NCC(F)(F)F. The lowest BCUT2D eigenvalue weighted by molar-refractivity contribution is -0.146. The van der Waals surface area contributed by atoms with Crippen LogP contribution in [0.1, 0.15) is 12.7 Å². The number of amides is 1. The van der Waals surface area contributed by atoms with Crippen LogP contribution in [0.25, 0.3) is 0 Å². The zero-order valence-corrected chi connectivity index (χ0v) is 11.1. The summed E-state index contributed by atoms with van der Waals surface area (Å²) in [5.41, 5.74) is 0. The van der Waals surface area contributed by atoms with Gasteiger partial charge in [0.25, 0.3) is 5.82 Å². The summed E-state index contributed by atoms with van der Waals surface area (Å²) in [5.74, 6) is 2.62. The minimum Gasteiger partial charge on any atom is -0.346 e. The highest BCUT2D eigenvalue weighted by Gasteiger charge is 2.38. The molecule has 0 aromatic carbocycles. The summed E-state index contributed by atoms with van der Waals surface area (Å²) in [6.07, 6.45) is -9.42. The molecule has 0 bridgehead atoms. The maximum atomic E-state index is 12.4. The number of carbonyl (C=O) groups excluding carboxylic acids is 1. The molecule has 1 aromatic heterocycles. The molecule has 0 radical (unpaired) electrons. The second-order valence-corrected chi connectivity index (χ2v) is 5.07. The van der Waals surface area contributed by atoms with Crippen molar-refractivity contribution in [3.8, 4) is 0 Å². The first kappa shape index (κ1) is 17.4. The zero-order chi connectivity index (χ0) is 16.4. The largest absolute Gasteiger partial charge is 0.453 e. The normalized spacial score (nSPS) is 14.0. The van der Waals surface area contributed by atoms with Crippen molar-refractivity contribution >= 4 is 17.7 Å². The maximum Gasteiger partial charge on any atom is 0.453 e. The highest BCUT2D eigenvalue weighted by Crippen LogP contribution is 2.30. The van der Waals surface area contributed by atoms with E-state index in [-0.39, 0.29) is 4.68 Å². The predicted octanol–water partition coefficient (Wildman–Crippen LogP) is 1.17. The number of carbonyl (C=O) groups is 1. The van der Waals surface area contributed by atoms with Crippen LogP contribution >= 0.6 is 11.8 Å². The fourth-order valence-corrected chi connectivity index (χ4v) is 1.89. The number of nitrogens with one attached hydrogen (secondary N) is 1. The highest BCUT2D eigenvalue weighted by atomic mass is 32.2. The summed E-state index contributed by atoms with van der Waals surface area (Å²) in [7, 11) is 0. The van der Waals surface area contributed by atoms with Gasteiger partial charge in [0.1, 0.15) is 6.54 Å². The van der Waals surface area contributed by atoms with Gasteiger partial charge in [0.2, 0.25) is 11.1 Å². The third-order valence-electron chi connectivity index (χ3n) is 2.03. The van der Waals surface area contributed by atoms with E-state index >= 15 is 0 Å². The molecule has 0 spiro atoms. The van der Waals surface area contributed by atoms with E-state index in [0.717, 1.165) is 0 Å². The molecule has 0 saturated heterocycles. The van der Waals surface area contributed by atoms with Crippen molar-refractivity contribution in [2.45, 2.75) is 29.7 Å². The van der Waals surface area contributed by atoms with Crippen LogP contribution in [0, 0.1) is 0 Å². The Morgan fingerprint density at radius 3 is 2.33 bits per heavy atom. The Labute approximate surface area is 118 Å². The standard InChI is InChI=1S/C8H9F6N5OS/c1-3(4(20)16-2-7(9,10)11)21-6-18-17-5(19(6)15)8(12,13)14/h3H,2,15H2,1H3,(H,16,20). The van der Waals surface area contributed by atoms with E-state index in [1.807, 2.05) is 0 Å². The molecular formula is C8H9F6N5OS. The molecule has 0 fully saturated rings. The van der Waals surface area contributed by atoms with Crippen molar-refractivity contribution in [1.82, 2.24) is 20.2 Å². The first-order valence-corrected chi connectivity index (χ1v) is 6.08. The number of aromatic nitrogens is 3. The van der Waals surface area contributed by atoms with E-state index in [4.69, 9.17) is 5.84 Å². The van der Waals surface area contributed by atoms with Crippen LogP contribution in [0.5, 0.6) is 0 Å². The van der Waals surface area contributed by atoms with Gasteiger partial charge in [-0.3, -0.25) is 4.79 Å². The molecule has 21 heavy (non-hydrogen) atoms. The van der Waals surface area contributed by atoms with Crippen LogP contribution in [0.4, 0.5) is 26.3 Å². The second-order valence-electron chi connectivity index (χ2n) is 3.77. The fraction of sp³-hybridized carbons (Fsp3) is 0.625. The maximum absolute atomic E-state index is 12.4. The van der Waals surface area contributed by atoms with Crippen LogP contribution in [0.15, 0.2) is 5.16 Å². The molecule has 3 N–H and O–H groups in total. The van der Waals surface area contributed by atoms with Crippen molar-refractivity contribution in [2.24, 2.45) is 0 Å². The van der Waals surface area contributed by atoms with Crippen molar-refractivity contribution in [1.29, 1.82) is 0 Å². The summed E-state index contributed by atoms with van der Waals surface area (Å²) in [5, 5.41) is 5.96. The average molecular weight is 337 g/mol. The Morgan fingerprint density at radius 2 is 1.90 bits per heavy atom. The molecule has 0 saturated carbocycles. The Morgan fingerprint density at radius 1 is 1.33 bits per heavy atom. The first-order chi connectivity index (χ1) is 9.42. The third kappa shape index (κ3) is 4.99. The van der Waals surface area contributed by atoms with Gasteiger partial charge in [0, 0.05) is 0 Å². The summed E-state index contributed by atoms with van der Waals surface area (Å²) in [4.78, 5) is 11.4. The van der Waals surface area contributed by atoms with Crippen LogP contribution < -0.4 is 11.2 Å². The van der Waals surface area contributed by atoms with Crippen LogP contribution in [0.2, 0.25) is 0 Å². The number of nitrogens with two attached hydrogens (primary N) is 1. The number of nitrogens with zero attached hydrogens (tertiary/aromatic N) is 3. The third-order valence-corrected chi connectivity index (χ3v) is 3.09. The van der Waals surface area contributed by atoms with E-state index in [1.54, 1.807) is 5.32 Å². The second kappa shape index (κ2) is 5.99. The van der Waals surface area contributed by atoms with E-state index in [9.17, 15) is 31.1 Å². The number of thioether (sulfide) groups is 1. The Hall–Kier alpha value is -1.66. The molecule has 1 rings (SSSR count). The van der Waals surface area contributed by atoms with E-state index < -0.39 is 41.0 Å². The molecule has 1 heterocycles. The molecule has 1 amide bonds. The first-order valence-electron chi connectivity index (χ1n) is 5.20. The van der Waals surface area contributed by atoms with Crippen LogP contribution in [-0.4, -0.2) is 38.8 Å². The summed E-state index contributed by atoms with van der Waals surface area (Å²) < 4.78 is 73.0. The van der Waals surface area contributed by atoms with Crippen molar-refractivity contribution in [3.05, 3.63) is 5.82 Å². The average Bonchev–Trinajstić information content (AvgIpc) is 2.66. The molecule has 1 unspecified atom stereocenters. The summed E-state index contributed by atoms with van der Waals surface area (Å²) in [6.45, 7) is -0.349. The summed E-state index contributed by atoms with van der Waals surface area (Å²) >= 11 is 0.451. The van der Waals surface area contributed by atoms with Crippen molar-refractivity contribution in [3.63, 3.8) is 0 Å². The van der Waals surface area contributed by atoms with Gasteiger partial charge in [0.15, 0.2) is 0 Å². The Balaban J connectivity index is 2.69. The van der Waals surface area contributed by atoms with E-state index in [0.29, 0.717) is 11.8 Å². The summed E-state index contributed by atoms with van der Waals surface area (Å²) in [6, 6.07) is 0. The number of rotatable bonds is 4. The van der Waals surface area contributed by atoms with E-state index in [2.05, 4.69) is 10.2 Å². The highest BCUT2D eigenvalue weighted by molar-refractivity contribution is 8.00. The fourth-order valence-electron chi connectivity index (χ4n) is 1.09. The quantitative estimate of drug-likeness (QED) is 0.489. The van der Waals surface area contributed by atoms with Gasteiger partial charge >= 0.3 is 12.4 Å². The van der Waals surface area contributed by atoms with Gasteiger partial charge in [-0.25, -0.2) is 4.68 Å². The minimum absolute atomic E-state index is 0.123. The number of alkyl halides is 6. The molecule has 120 valence electrons. The lowest BCUT2D eigenvalue weighted by atomic mass is 10.4. The van der Waals surface area contributed by atoms with Gasteiger partial charge < -0.3 is 11.2 Å². The number of hydrogen-bond donors (Lipinski definition) is 2. The minimum atomic E-state index is -4.83. The molecule has 0 aliphatic heterocycles. The molecule has 13 heteroatoms. The zero-order valence-electron chi connectivity index (χ0n) is 10.3. The molecule has 0 aliphatic carbocycles. The van der Waals surface area contributed by atoms with Gasteiger partial charge in [-0.15, -0.1) is 10.2 Å². The van der Waals surface area contributed by atoms with Gasteiger partial charge in [-0.1, -0.05) is 11.8 Å². The van der Waals surface area contributed by atoms with Crippen molar-refractivity contribution in [2.75, 3.05) is 12.4 Å². The van der Waals surface area contributed by atoms with Gasteiger partial charge in [-0.2, -0.15) is 26.3 Å². The monoisotopic (exact) mass is 337 g/mol. The smallest absolute Gasteiger partial charge is 0.346 e. The Kier molecular flexibility index (Phi) is 4.96. The molecule has 6 nitrogen and oxygen atoms in total. The molecule has 0 aliphatic rings. The number of nitrogen functional groups attached to an aromatic ring is 1. The lowest BCUT2D eigenvalue weighted by Gasteiger charge is -2.13. The number of hydrogen-bond acceptors (Lipinski definition) is 5. The molecule has 1 aromatic rings. The van der Waals surface area contributed by atoms with Crippen LogP contribution in [0.3, 0.4) is 0 Å². The van der Waals surface area contributed by atoms with E-state index in [1.165, 1.54) is 6.92 Å². The molecular weight excluding hydrogens is 328 g/mol.